The lowest BCUT2D eigenvalue weighted by Gasteiger charge is -2.12. The van der Waals surface area contributed by atoms with Crippen LogP contribution in [0.4, 0.5) is 11.4 Å². The molecule has 1 aromatic heterocycles. The maximum Gasteiger partial charge on any atom is 0.0537 e. The van der Waals surface area contributed by atoms with Gasteiger partial charge in [-0.1, -0.05) is 48.1 Å². The van der Waals surface area contributed by atoms with Crippen molar-refractivity contribution >= 4 is 51.0 Å². The predicted octanol–water partition coefficient (Wildman–Crippen LogP) is 6.64. The summed E-state index contributed by atoms with van der Waals surface area (Å²) in [6, 6.07) is 22.3. The van der Waals surface area contributed by atoms with Gasteiger partial charge in [-0.25, -0.2) is 0 Å². The molecule has 0 spiro atoms. The van der Waals surface area contributed by atoms with Gasteiger partial charge in [-0.3, -0.25) is 0 Å². The zero-order valence-corrected chi connectivity index (χ0v) is 15.8. The van der Waals surface area contributed by atoms with Gasteiger partial charge in [0.25, 0.3) is 0 Å². The van der Waals surface area contributed by atoms with Gasteiger partial charge in [-0.05, 0) is 65.9 Å². The Kier molecular flexibility index (Phi) is 4.49. The zero-order chi connectivity index (χ0) is 18.1. The van der Waals surface area contributed by atoms with Crippen molar-refractivity contribution in [1.82, 2.24) is 4.98 Å². The third-order valence-electron chi connectivity index (χ3n) is 4.45. The second-order valence-electron chi connectivity index (χ2n) is 6.24. The Morgan fingerprint density at radius 3 is 2.65 bits per heavy atom. The van der Waals surface area contributed by atoms with Gasteiger partial charge in [-0.15, -0.1) is 0 Å². The number of H-pyrrole nitrogens is 1. The Balaban J connectivity index is 1.63. The van der Waals surface area contributed by atoms with Gasteiger partial charge in [0, 0.05) is 28.7 Å². The molecule has 0 unspecified atom stereocenters. The first kappa shape index (κ1) is 16.8. The average molecular weight is 377 g/mol. The standard InChI is InChI=1S/C22H17ClN2S/c1-14-4-2-3-5-20(14)25-17-7-8-18(19(23)13-17)22(26)16-6-9-21-15(12-16)10-11-24-21/h2-13,24-25H,1H3. The molecule has 2 nitrogen and oxygen atoms in total. The van der Waals surface area contributed by atoms with Crippen LogP contribution in [-0.2, 0) is 0 Å². The second kappa shape index (κ2) is 6.94. The number of fused-ring (bicyclic) bond motifs is 1. The number of benzene rings is 3. The van der Waals surface area contributed by atoms with Crippen molar-refractivity contribution < 1.29 is 0 Å². The summed E-state index contributed by atoms with van der Waals surface area (Å²) in [5.41, 5.74) is 6.15. The van der Waals surface area contributed by atoms with Crippen molar-refractivity contribution in [2.75, 3.05) is 5.32 Å². The smallest absolute Gasteiger partial charge is 0.0537 e. The molecule has 2 N–H and O–H groups in total. The van der Waals surface area contributed by atoms with Gasteiger partial charge in [0.2, 0.25) is 0 Å². The largest absolute Gasteiger partial charge is 0.361 e. The van der Waals surface area contributed by atoms with Crippen LogP contribution < -0.4 is 5.32 Å². The van der Waals surface area contributed by atoms with Gasteiger partial charge < -0.3 is 10.3 Å². The van der Waals surface area contributed by atoms with Crippen LogP contribution in [0, 0.1) is 6.92 Å². The lowest BCUT2D eigenvalue weighted by molar-refractivity contribution is 1.43. The van der Waals surface area contributed by atoms with E-state index in [2.05, 4.69) is 29.4 Å². The van der Waals surface area contributed by atoms with Gasteiger partial charge >= 0.3 is 0 Å². The maximum atomic E-state index is 6.54. The Labute approximate surface area is 162 Å². The third kappa shape index (κ3) is 3.24. The Bertz CT molecular complexity index is 1110. The minimum absolute atomic E-state index is 0.641. The van der Waals surface area contributed by atoms with Gasteiger partial charge in [-0.2, -0.15) is 0 Å². The summed E-state index contributed by atoms with van der Waals surface area (Å²) in [6.07, 6.45) is 1.93. The van der Waals surface area contributed by atoms with E-state index in [1.807, 2.05) is 60.8 Å². The molecular weight excluding hydrogens is 360 g/mol. The number of aromatic nitrogens is 1. The topological polar surface area (TPSA) is 27.8 Å². The van der Waals surface area contributed by atoms with Crippen LogP contribution in [0.15, 0.2) is 72.9 Å². The number of halogens is 1. The summed E-state index contributed by atoms with van der Waals surface area (Å²) in [7, 11) is 0. The number of anilines is 2. The predicted molar refractivity (Wildman–Crippen MR) is 115 cm³/mol. The Morgan fingerprint density at radius 1 is 1.00 bits per heavy atom. The van der Waals surface area contributed by atoms with Crippen molar-refractivity contribution in [2.24, 2.45) is 0 Å². The fourth-order valence-electron chi connectivity index (χ4n) is 3.00. The number of aromatic amines is 1. The number of aryl methyl sites for hydroxylation is 1. The van der Waals surface area contributed by atoms with Crippen LogP contribution in [0.25, 0.3) is 10.9 Å². The van der Waals surface area contributed by atoms with Crippen molar-refractivity contribution in [3.05, 3.63) is 94.6 Å². The molecule has 128 valence electrons. The normalized spacial score (nSPS) is 10.8. The molecule has 0 aliphatic rings. The molecule has 3 aromatic carbocycles. The van der Waals surface area contributed by atoms with Crippen LogP contribution in [0.1, 0.15) is 16.7 Å². The number of nitrogens with one attached hydrogen (secondary N) is 2. The van der Waals surface area contributed by atoms with E-state index in [4.69, 9.17) is 23.8 Å². The lowest BCUT2D eigenvalue weighted by Crippen LogP contribution is -2.01. The summed E-state index contributed by atoms with van der Waals surface area (Å²) in [5.74, 6) is 0. The number of thiocarbonyl (C=S) groups is 1. The monoisotopic (exact) mass is 376 g/mol. The SMILES string of the molecule is Cc1ccccc1Nc1ccc(C(=S)c2ccc3[nH]ccc3c2)c(Cl)c1. The second-order valence-corrected chi connectivity index (χ2v) is 7.06. The van der Waals surface area contributed by atoms with Crippen LogP contribution in [0.3, 0.4) is 0 Å². The lowest BCUT2D eigenvalue weighted by atomic mass is 10.0. The summed E-state index contributed by atoms with van der Waals surface area (Å²) in [6.45, 7) is 2.07. The molecule has 0 atom stereocenters. The number of hydrogen-bond donors (Lipinski definition) is 2. The first-order valence-corrected chi connectivity index (χ1v) is 9.14. The molecule has 1 heterocycles. The third-order valence-corrected chi connectivity index (χ3v) is 5.22. The molecule has 0 bridgehead atoms. The van der Waals surface area contributed by atoms with E-state index in [0.29, 0.717) is 5.02 Å². The highest BCUT2D eigenvalue weighted by molar-refractivity contribution is 7.81. The van der Waals surface area contributed by atoms with Gasteiger partial charge in [0.05, 0.1) is 9.89 Å². The molecule has 0 saturated heterocycles. The van der Waals surface area contributed by atoms with Crippen molar-refractivity contribution in [3.63, 3.8) is 0 Å². The van der Waals surface area contributed by atoms with E-state index < -0.39 is 0 Å². The first-order valence-electron chi connectivity index (χ1n) is 8.36. The molecule has 0 saturated carbocycles. The fourth-order valence-corrected chi connectivity index (χ4v) is 3.63. The Hall–Kier alpha value is -2.62. The van der Waals surface area contributed by atoms with Crippen molar-refractivity contribution in [1.29, 1.82) is 0 Å². The highest BCUT2D eigenvalue weighted by atomic mass is 35.5. The van der Waals surface area contributed by atoms with Gasteiger partial charge in [0.1, 0.15) is 0 Å². The van der Waals surface area contributed by atoms with E-state index in [-0.39, 0.29) is 0 Å². The number of para-hydroxylation sites is 1. The summed E-state index contributed by atoms with van der Waals surface area (Å²) in [5, 5.41) is 5.19. The zero-order valence-electron chi connectivity index (χ0n) is 14.2. The molecule has 0 amide bonds. The van der Waals surface area contributed by atoms with E-state index in [1.165, 1.54) is 5.56 Å². The Morgan fingerprint density at radius 2 is 1.85 bits per heavy atom. The minimum atomic E-state index is 0.641. The molecule has 0 aliphatic heterocycles. The van der Waals surface area contributed by atoms with Crippen LogP contribution in [-0.4, -0.2) is 9.85 Å². The first-order chi connectivity index (χ1) is 12.6. The quantitative estimate of drug-likeness (QED) is 0.308. The highest BCUT2D eigenvalue weighted by Crippen LogP contribution is 2.28. The maximum absolute atomic E-state index is 6.54. The van der Waals surface area contributed by atoms with E-state index >= 15 is 0 Å². The van der Waals surface area contributed by atoms with Crippen LogP contribution in [0.5, 0.6) is 0 Å². The van der Waals surface area contributed by atoms with E-state index in [1.54, 1.807) is 0 Å². The van der Waals surface area contributed by atoms with Crippen LogP contribution >= 0.6 is 23.8 Å². The highest BCUT2D eigenvalue weighted by Gasteiger charge is 2.11. The van der Waals surface area contributed by atoms with Crippen LogP contribution in [0.2, 0.25) is 5.02 Å². The average Bonchev–Trinajstić information content (AvgIpc) is 3.11. The molecule has 4 heteroatoms. The molecule has 4 aromatic rings. The van der Waals surface area contributed by atoms with Gasteiger partial charge in [0.15, 0.2) is 0 Å². The number of hydrogen-bond acceptors (Lipinski definition) is 2. The molecule has 0 fully saturated rings. The summed E-state index contributed by atoms with van der Waals surface area (Å²) in [4.78, 5) is 3.94. The molecular formula is C22H17ClN2S. The molecule has 0 aliphatic carbocycles. The molecule has 4 rings (SSSR count). The fraction of sp³-hybridized carbons (Fsp3) is 0.0455. The molecule has 26 heavy (non-hydrogen) atoms. The number of rotatable bonds is 4. The van der Waals surface area contributed by atoms with Crippen molar-refractivity contribution in [2.45, 2.75) is 6.92 Å². The van der Waals surface area contributed by atoms with E-state index in [0.717, 1.165) is 38.3 Å². The van der Waals surface area contributed by atoms with E-state index in [9.17, 15) is 0 Å². The van der Waals surface area contributed by atoms with Crippen molar-refractivity contribution in [3.8, 4) is 0 Å². The summed E-state index contributed by atoms with van der Waals surface area (Å²) >= 11 is 12.2. The minimum Gasteiger partial charge on any atom is -0.361 e. The molecule has 0 radical (unpaired) electrons. The summed E-state index contributed by atoms with van der Waals surface area (Å²) < 4.78 is 0.